The van der Waals surface area contributed by atoms with E-state index in [9.17, 15) is 0 Å². The summed E-state index contributed by atoms with van der Waals surface area (Å²) in [5, 5.41) is 7.21. The Hall–Kier alpha value is -0.0800. The summed E-state index contributed by atoms with van der Waals surface area (Å²) in [4.78, 5) is 0. The van der Waals surface area contributed by atoms with E-state index in [2.05, 4.69) is 24.5 Å². The normalized spacial score (nSPS) is 25.6. The summed E-state index contributed by atoms with van der Waals surface area (Å²) in [6.45, 7) is 9.68. The third-order valence-electron chi connectivity index (χ3n) is 5.77. The zero-order valence-corrected chi connectivity index (χ0v) is 13.1. The van der Waals surface area contributed by atoms with Crippen molar-refractivity contribution in [1.29, 1.82) is 0 Å². The number of hydrogen-bond acceptors (Lipinski definition) is 2. The summed E-state index contributed by atoms with van der Waals surface area (Å²) in [5.74, 6) is 1.84. The van der Waals surface area contributed by atoms with E-state index in [1.807, 2.05) is 0 Å². The monoisotopic (exact) mass is 266 g/mol. The number of hydrogen-bond donors (Lipinski definition) is 2. The predicted octanol–water partition coefficient (Wildman–Crippen LogP) is 3.57. The number of piperidine rings is 1. The van der Waals surface area contributed by atoms with Crippen LogP contribution in [0.4, 0.5) is 0 Å². The highest BCUT2D eigenvalue weighted by atomic mass is 14.9. The molecule has 112 valence electrons. The molecule has 0 bridgehead atoms. The van der Waals surface area contributed by atoms with Crippen LogP contribution in [0.5, 0.6) is 0 Å². The summed E-state index contributed by atoms with van der Waals surface area (Å²) in [6.07, 6.45) is 11.5. The molecule has 0 aromatic rings. The largest absolute Gasteiger partial charge is 0.317 e. The molecule has 0 radical (unpaired) electrons. The van der Waals surface area contributed by atoms with Crippen LogP contribution in [0.1, 0.15) is 65.2 Å². The molecule has 1 atom stereocenters. The average Bonchev–Trinajstić information content (AvgIpc) is 2.46. The van der Waals surface area contributed by atoms with Crippen molar-refractivity contribution in [3.05, 3.63) is 0 Å². The first kappa shape index (κ1) is 15.3. The molecule has 1 spiro atoms. The molecule has 1 saturated carbocycles. The van der Waals surface area contributed by atoms with Crippen molar-refractivity contribution < 1.29 is 0 Å². The third-order valence-corrected chi connectivity index (χ3v) is 5.77. The third kappa shape index (κ3) is 4.75. The summed E-state index contributed by atoms with van der Waals surface area (Å²) < 4.78 is 0. The standard InChI is InChI=1S/C17H34N2/c1-3-15(2)6-11-19-14-16-4-7-17(8-5-16)9-12-18-13-10-17/h15-16,18-19H,3-14H2,1-2H3. The van der Waals surface area contributed by atoms with Crippen LogP contribution >= 0.6 is 0 Å². The second-order valence-electron chi connectivity index (χ2n) is 7.20. The molecule has 1 unspecified atom stereocenters. The van der Waals surface area contributed by atoms with E-state index in [1.165, 1.54) is 77.5 Å². The van der Waals surface area contributed by atoms with Crippen LogP contribution in [0.25, 0.3) is 0 Å². The Bertz CT molecular complexity index is 236. The first-order chi connectivity index (χ1) is 9.24. The van der Waals surface area contributed by atoms with Crippen molar-refractivity contribution in [2.75, 3.05) is 26.2 Å². The van der Waals surface area contributed by atoms with E-state index in [0.29, 0.717) is 0 Å². The Labute approximate surface area is 120 Å². The van der Waals surface area contributed by atoms with Gasteiger partial charge < -0.3 is 10.6 Å². The van der Waals surface area contributed by atoms with Crippen molar-refractivity contribution in [2.24, 2.45) is 17.3 Å². The molecular formula is C17H34N2. The van der Waals surface area contributed by atoms with Crippen LogP contribution in [-0.2, 0) is 0 Å². The maximum absolute atomic E-state index is 3.70. The lowest BCUT2D eigenvalue weighted by Crippen LogP contribution is -2.40. The summed E-state index contributed by atoms with van der Waals surface area (Å²) in [7, 11) is 0. The van der Waals surface area contributed by atoms with E-state index in [4.69, 9.17) is 0 Å². The predicted molar refractivity (Wildman–Crippen MR) is 83.4 cm³/mol. The van der Waals surface area contributed by atoms with Crippen molar-refractivity contribution >= 4 is 0 Å². The Morgan fingerprint density at radius 1 is 1.16 bits per heavy atom. The van der Waals surface area contributed by atoms with Gasteiger partial charge in [0, 0.05) is 0 Å². The minimum absolute atomic E-state index is 0.735. The topological polar surface area (TPSA) is 24.1 Å². The molecule has 2 nitrogen and oxygen atoms in total. The van der Waals surface area contributed by atoms with Crippen LogP contribution in [0.2, 0.25) is 0 Å². The fraction of sp³-hybridized carbons (Fsp3) is 1.00. The van der Waals surface area contributed by atoms with Crippen molar-refractivity contribution in [1.82, 2.24) is 10.6 Å². The van der Waals surface area contributed by atoms with E-state index < -0.39 is 0 Å². The van der Waals surface area contributed by atoms with Crippen LogP contribution in [0.3, 0.4) is 0 Å². The van der Waals surface area contributed by atoms with E-state index in [1.54, 1.807) is 0 Å². The molecule has 2 N–H and O–H groups in total. The lowest BCUT2D eigenvalue weighted by atomic mass is 9.66. The summed E-state index contributed by atoms with van der Waals surface area (Å²) >= 11 is 0. The lowest BCUT2D eigenvalue weighted by molar-refractivity contribution is 0.105. The van der Waals surface area contributed by atoms with Gasteiger partial charge in [0.25, 0.3) is 0 Å². The fourth-order valence-electron chi connectivity index (χ4n) is 3.81. The van der Waals surface area contributed by atoms with Gasteiger partial charge in [-0.2, -0.15) is 0 Å². The van der Waals surface area contributed by atoms with Gasteiger partial charge in [0.05, 0.1) is 0 Å². The average molecular weight is 266 g/mol. The Morgan fingerprint density at radius 2 is 1.84 bits per heavy atom. The first-order valence-corrected chi connectivity index (χ1v) is 8.65. The van der Waals surface area contributed by atoms with E-state index in [-0.39, 0.29) is 0 Å². The molecule has 1 aliphatic carbocycles. The van der Waals surface area contributed by atoms with Gasteiger partial charge in [-0.15, -0.1) is 0 Å². The second-order valence-corrected chi connectivity index (χ2v) is 7.20. The van der Waals surface area contributed by atoms with E-state index >= 15 is 0 Å². The maximum Gasteiger partial charge on any atom is -0.00205 e. The van der Waals surface area contributed by atoms with Gasteiger partial charge in [-0.3, -0.25) is 0 Å². The van der Waals surface area contributed by atoms with Gasteiger partial charge in [0.1, 0.15) is 0 Å². The summed E-state index contributed by atoms with van der Waals surface area (Å²) in [5.41, 5.74) is 0.735. The van der Waals surface area contributed by atoms with Crippen LogP contribution in [0, 0.1) is 17.3 Å². The second kappa shape index (κ2) is 7.64. The van der Waals surface area contributed by atoms with Crippen LogP contribution in [-0.4, -0.2) is 26.2 Å². The van der Waals surface area contributed by atoms with Gasteiger partial charge in [0.15, 0.2) is 0 Å². The highest BCUT2D eigenvalue weighted by Gasteiger charge is 2.35. The maximum atomic E-state index is 3.70. The van der Waals surface area contributed by atoms with E-state index in [0.717, 1.165) is 17.3 Å². The van der Waals surface area contributed by atoms with Crippen molar-refractivity contribution in [3.8, 4) is 0 Å². The van der Waals surface area contributed by atoms with Gasteiger partial charge in [-0.05, 0) is 88.4 Å². The highest BCUT2D eigenvalue weighted by molar-refractivity contribution is 4.89. The first-order valence-electron chi connectivity index (χ1n) is 8.65. The molecule has 2 rings (SSSR count). The van der Waals surface area contributed by atoms with Gasteiger partial charge >= 0.3 is 0 Å². The van der Waals surface area contributed by atoms with Gasteiger partial charge in [-0.25, -0.2) is 0 Å². The molecule has 19 heavy (non-hydrogen) atoms. The van der Waals surface area contributed by atoms with Crippen LogP contribution in [0.15, 0.2) is 0 Å². The zero-order chi connectivity index (χ0) is 13.6. The highest BCUT2D eigenvalue weighted by Crippen LogP contribution is 2.44. The Kier molecular flexibility index (Phi) is 6.15. The van der Waals surface area contributed by atoms with Gasteiger partial charge in [-0.1, -0.05) is 20.3 Å². The minimum Gasteiger partial charge on any atom is -0.317 e. The Balaban J connectivity index is 1.58. The molecule has 0 aromatic carbocycles. The molecule has 0 amide bonds. The lowest BCUT2D eigenvalue weighted by Gasteiger charge is -2.43. The zero-order valence-electron chi connectivity index (χ0n) is 13.1. The summed E-state index contributed by atoms with van der Waals surface area (Å²) in [6, 6.07) is 0. The number of rotatable bonds is 6. The molecule has 2 heteroatoms. The molecule has 2 fully saturated rings. The minimum atomic E-state index is 0.735. The Morgan fingerprint density at radius 3 is 2.47 bits per heavy atom. The SMILES string of the molecule is CCC(C)CCNCC1CCC2(CCNCC2)CC1. The van der Waals surface area contributed by atoms with Crippen molar-refractivity contribution in [3.63, 3.8) is 0 Å². The molecule has 1 saturated heterocycles. The molecular weight excluding hydrogens is 232 g/mol. The quantitative estimate of drug-likeness (QED) is 0.718. The smallest absolute Gasteiger partial charge is 0.00205 e. The van der Waals surface area contributed by atoms with Gasteiger partial charge in [0.2, 0.25) is 0 Å². The molecule has 1 heterocycles. The number of nitrogens with one attached hydrogen (secondary N) is 2. The molecule has 2 aliphatic rings. The van der Waals surface area contributed by atoms with Crippen molar-refractivity contribution in [2.45, 2.75) is 65.2 Å². The van der Waals surface area contributed by atoms with Crippen LogP contribution < -0.4 is 10.6 Å². The molecule has 1 aliphatic heterocycles. The fourth-order valence-corrected chi connectivity index (χ4v) is 3.81. The molecule has 0 aromatic heterocycles.